The lowest BCUT2D eigenvalue weighted by atomic mass is 9.88. The Morgan fingerprint density at radius 3 is 2.48 bits per heavy atom. The van der Waals surface area contributed by atoms with Gasteiger partial charge >= 0.3 is 6.18 Å². The van der Waals surface area contributed by atoms with Crippen LogP contribution < -0.4 is 5.73 Å². The van der Waals surface area contributed by atoms with E-state index < -0.39 is 29.3 Å². The summed E-state index contributed by atoms with van der Waals surface area (Å²) in [7, 11) is 0. The fraction of sp³-hybridized carbons (Fsp3) is 0.136. The van der Waals surface area contributed by atoms with Crippen molar-refractivity contribution in [3.8, 4) is 0 Å². The SMILES string of the molecule is NC1=C(c2cccc(C(F)(F)F)c2)C(=O)C(c2cc(Cl)cc3cccc(F)c23)C1. The predicted molar refractivity (Wildman–Crippen MR) is 104 cm³/mol. The van der Waals surface area contributed by atoms with Gasteiger partial charge in [-0.15, -0.1) is 0 Å². The van der Waals surface area contributed by atoms with Crippen LogP contribution in [0.5, 0.6) is 0 Å². The molecule has 2 nitrogen and oxygen atoms in total. The quantitative estimate of drug-likeness (QED) is 0.512. The van der Waals surface area contributed by atoms with Gasteiger partial charge in [0, 0.05) is 28.1 Å². The third-order valence-corrected chi connectivity index (χ3v) is 5.30. The smallest absolute Gasteiger partial charge is 0.401 e. The highest BCUT2D eigenvalue weighted by atomic mass is 35.5. The molecule has 0 fully saturated rings. The first-order chi connectivity index (χ1) is 13.7. The average molecular weight is 420 g/mol. The molecule has 3 aromatic rings. The molecular formula is C22H14ClF4NO. The lowest BCUT2D eigenvalue weighted by Crippen LogP contribution is -2.10. The highest BCUT2D eigenvalue weighted by molar-refractivity contribution is 6.32. The number of Topliss-reactive ketones (excluding diaryl/α,β-unsaturated/α-hetero) is 1. The van der Waals surface area contributed by atoms with Gasteiger partial charge in [0.15, 0.2) is 5.78 Å². The van der Waals surface area contributed by atoms with Crippen molar-refractivity contribution in [2.75, 3.05) is 0 Å². The largest absolute Gasteiger partial charge is 0.416 e. The standard InChI is InChI=1S/C22H14ClF4NO/c23-14-8-12-4-2-6-17(24)19(12)15(9-14)16-10-18(28)20(21(16)29)11-3-1-5-13(7-11)22(25,26)27/h1-9,16H,10,28H2. The van der Waals surface area contributed by atoms with E-state index in [0.29, 0.717) is 16.0 Å². The van der Waals surface area contributed by atoms with Gasteiger partial charge in [0.25, 0.3) is 0 Å². The molecule has 0 heterocycles. The van der Waals surface area contributed by atoms with Crippen LogP contribution in [0.1, 0.15) is 29.0 Å². The van der Waals surface area contributed by atoms with Crippen molar-refractivity contribution in [2.45, 2.75) is 18.5 Å². The molecule has 2 N–H and O–H groups in total. The van der Waals surface area contributed by atoms with E-state index in [1.807, 2.05) is 0 Å². The first kappa shape index (κ1) is 19.5. The molecule has 0 radical (unpaired) electrons. The molecular weight excluding hydrogens is 406 g/mol. The number of alkyl halides is 3. The number of nitrogens with two attached hydrogens (primary N) is 1. The average Bonchev–Trinajstić information content (AvgIpc) is 2.94. The molecule has 148 valence electrons. The van der Waals surface area contributed by atoms with Crippen molar-refractivity contribution in [3.05, 3.63) is 87.8 Å². The van der Waals surface area contributed by atoms with Gasteiger partial charge < -0.3 is 5.73 Å². The summed E-state index contributed by atoms with van der Waals surface area (Å²) in [5, 5.41) is 1.12. The molecule has 1 aliphatic carbocycles. The van der Waals surface area contributed by atoms with E-state index in [4.69, 9.17) is 17.3 Å². The van der Waals surface area contributed by atoms with Crippen LogP contribution in [0, 0.1) is 5.82 Å². The van der Waals surface area contributed by atoms with E-state index in [1.165, 1.54) is 30.3 Å². The molecule has 0 aliphatic heterocycles. The Labute approximate surface area is 168 Å². The molecule has 3 aromatic carbocycles. The molecule has 29 heavy (non-hydrogen) atoms. The van der Waals surface area contributed by atoms with E-state index in [-0.39, 0.29) is 28.6 Å². The summed E-state index contributed by atoms with van der Waals surface area (Å²) < 4.78 is 53.7. The second-order valence-electron chi connectivity index (χ2n) is 6.93. The van der Waals surface area contributed by atoms with Crippen molar-refractivity contribution in [1.82, 2.24) is 0 Å². The zero-order valence-corrected chi connectivity index (χ0v) is 15.6. The van der Waals surface area contributed by atoms with Gasteiger partial charge in [0.1, 0.15) is 5.82 Å². The van der Waals surface area contributed by atoms with Crippen LogP contribution in [-0.2, 0) is 11.0 Å². The van der Waals surface area contributed by atoms with E-state index in [2.05, 4.69) is 0 Å². The highest BCUT2D eigenvalue weighted by Crippen LogP contribution is 2.43. The number of fused-ring (bicyclic) bond motifs is 1. The number of ketones is 1. The summed E-state index contributed by atoms with van der Waals surface area (Å²) in [6.07, 6.45) is -4.47. The number of rotatable bonds is 2. The minimum Gasteiger partial charge on any atom is -0.401 e. The first-order valence-electron chi connectivity index (χ1n) is 8.75. The normalized spacial score (nSPS) is 17.4. The van der Waals surface area contributed by atoms with Gasteiger partial charge in [-0.25, -0.2) is 4.39 Å². The summed E-state index contributed by atoms with van der Waals surface area (Å²) in [4.78, 5) is 13.2. The van der Waals surface area contributed by atoms with E-state index in [9.17, 15) is 22.4 Å². The van der Waals surface area contributed by atoms with Gasteiger partial charge in [-0.3, -0.25) is 4.79 Å². The molecule has 0 amide bonds. The molecule has 1 aliphatic rings. The first-order valence-corrected chi connectivity index (χ1v) is 9.12. The monoisotopic (exact) mass is 419 g/mol. The second-order valence-corrected chi connectivity index (χ2v) is 7.37. The molecule has 0 bridgehead atoms. The molecule has 1 atom stereocenters. The fourth-order valence-corrected chi connectivity index (χ4v) is 4.06. The predicted octanol–water partition coefficient (Wildman–Crippen LogP) is 6.08. The summed E-state index contributed by atoms with van der Waals surface area (Å²) in [6, 6.07) is 12.1. The van der Waals surface area contributed by atoms with Crippen molar-refractivity contribution in [3.63, 3.8) is 0 Å². The zero-order valence-electron chi connectivity index (χ0n) is 14.9. The molecule has 0 saturated heterocycles. The van der Waals surface area contributed by atoms with Gasteiger partial charge in [0.05, 0.1) is 11.5 Å². The molecule has 7 heteroatoms. The van der Waals surface area contributed by atoms with Crippen LogP contribution in [0.4, 0.5) is 17.6 Å². The highest BCUT2D eigenvalue weighted by Gasteiger charge is 2.37. The number of hydrogen-bond acceptors (Lipinski definition) is 2. The molecule has 0 spiro atoms. The maximum absolute atomic E-state index is 14.5. The Hall–Kier alpha value is -2.86. The Bertz CT molecular complexity index is 1180. The zero-order chi connectivity index (χ0) is 20.9. The molecule has 4 rings (SSSR count). The number of allylic oxidation sites excluding steroid dienone is 2. The summed E-state index contributed by atoms with van der Waals surface area (Å²) in [6.45, 7) is 0. The molecule has 0 aromatic heterocycles. The number of carbonyl (C=O) groups excluding carboxylic acids is 1. The van der Waals surface area contributed by atoms with Crippen LogP contribution in [0.25, 0.3) is 16.3 Å². The summed E-state index contributed by atoms with van der Waals surface area (Å²) in [5.41, 5.74) is 5.86. The third kappa shape index (κ3) is 3.38. The number of carbonyl (C=O) groups is 1. The topological polar surface area (TPSA) is 43.1 Å². The Morgan fingerprint density at radius 1 is 1.03 bits per heavy atom. The van der Waals surface area contributed by atoms with Crippen LogP contribution >= 0.6 is 11.6 Å². The third-order valence-electron chi connectivity index (χ3n) is 5.08. The van der Waals surface area contributed by atoms with Crippen LogP contribution in [0.15, 0.2) is 60.3 Å². The maximum Gasteiger partial charge on any atom is 0.416 e. The Kier molecular flexibility index (Phi) is 4.62. The van der Waals surface area contributed by atoms with Crippen LogP contribution in [0.2, 0.25) is 5.02 Å². The minimum absolute atomic E-state index is 0.0329. The molecule has 0 saturated carbocycles. The number of benzene rings is 3. The lowest BCUT2D eigenvalue weighted by Gasteiger charge is -2.15. The van der Waals surface area contributed by atoms with Crippen LogP contribution in [-0.4, -0.2) is 5.78 Å². The van der Waals surface area contributed by atoms with E-state index in [1.54, 1.807) is 12.1 Å². The van der Waals surface area contributed by atoms with Gasteiger partial charge in [-0.2, -0.15) is 13.2 Å². The van der Waals surface area contributed by atoms with E-state index >= 15 is 0 Å². The van der Waals surface area contributed by atoms with Crippen molar-refractivity contribution in [2.24, 2.45) is 5.73 Å². The maximum atomic E-state index is 14.5. The van der Waals surface area contributed by atoms with Crippen molar-refractivity contribution >= 4 is 33.7 Å². The van der Waals surface area contributed by atoms with Crippen molar-refractivity contribution < 1.29 is 22.4 Å². The van der Waals surface area contributed by atoms with Gasteiger partial charge in [0.2, 0.25) is 0 Å². The number of hydrogen-bond donors (Lipinski definition) is 1. The van der Waals surface area contributed by atoms with Gasteiger partial charge in [-0.1, -0.05) is 35.9 Å². The molecule has 1 unspecified atom stereocenters. The summed E-state index contributed by atoms with van der Waals surface area (Å²) in [5.74, 6) is -1.78. The Morgan fingerprint density at radius 2 is 1.76 bits per heavy atom. The number of halogens is 5. The van der Waals surface area contributed by atoms with Crippen molar-refractivity contribution in [1.29, 1.82) is 0 Å². The lowest BCUT2D eigenvalue weighted by molar-refractivity contribution is -0.137. The second kappa shape index (κ2) is 6.88. The Balaban J connectivity index is 1.81. The fourth-order valence-electron chi connectivity index (χ4n) is 3.83. The van der Waals surface area contributed by atoms with Gasteiger partial charge in [-0.05, 0) is 46.8 Å². The summed E-state index contributed by atoms with van der Waals surface area (Å²) >= 11 is 6.16. The minimum atomic E-state index is -4.54. The van der Waals surface area contributed by atoms with Crippen LogP contribution in [0.3, 0.4) is 0 Å². The van der Waals surface area contributed by atoms with E-state index in [0.717, 1.165) is 12.1 Å².